The van der Waals surface area contributed by atoms with Crippen molar-refractivity contribution in [1.29, 1.82) is 0 Å². The number of carbonyl (C=O) groups excluding carboxylic acids is 2. The summed E-state index contributed by atoms with van der Waals surface area (Å²) in [5.74, 6) is -0.119. The average Bonchev–Trinajstić information content (AvgIpc) is 2.77. The Morgan fingerprint density at radius 1 is 1.10 bits per heavy atom. The van der Waals surface area contributed by atoms with Gasteiger partial charge >= 0.3 is 0 Å². The Labute approximate surface area is 181 Å². The van der Waals surface area contributed by atoms with Gasteiger partial charge in [0.15, 0.2) is 5.76 Å². The summed E-state index contributed by atoms with van der Waals surface area (Å²) in [6.45, 7) is 0.345. The molecule has 156 valence electrons. The van der Waals surface area contributed by atoms with E-state index in [4.69, 9.17) is 16.3 Å². The predicted octanol–water partition coefficient (Wildman–Crippen LogP) is 4.17. The lowest BCUT2D eigenvalue weighted by molar-refractivity contribution is -0.151. The molecule has 30 heavy (non-hydrogen) atoms. The molecule has 2 aromatic carbocycles. The van der Waals surface area contributed by atoms with Gasteiger partial charge in [-0.15, -0.1) is 0 Å². The van der Waals surface area contributed by atoms with Crippen LogP contribution in [0.15, 0.2) is 60.4 Å². The normalized spacial score (nSPS) is 22.4. The maximum absolute atomic E-state index is 13.2. The molecule has 2 amide bonds. The van der Waals surface area contributed by atoms with E-state index in [1.807, 2.05) is 48.5 Å². The number of halogens is 1. The van der Waals surface area contributed by atoms with Crippen molar-refractivity contribution >= 4 is 29.5 Å². The Morgan fingerprint density at radius 2 is 1.83 bits per heavy atom. The summed E-state index contributed by atoms with van der Waals surface area (Å²) >= 11 is 6.17. The first-order valence-corrected chi connectivity index (χ1v) is 10.7. The number of amides is 2. The lowest BCUT2D eigenvalue weighted by Crippen LogP contribution is -2.57. The summed E-state index contributed by atoms with van der Waals surface area (Å²) in [5, 5.41) is 3.50. The standard InChI is InChI=1S/C24H25ClN2O3/c25-19-11-5-4-10-18(19)15-26-23(28)16-27-20-12-6-7-13-21(20)30-22(24(27)29)14-17-8-2-1-3-9-17/h1-5,8-11,14,20-21H,6-7,12-13,15-16H2,(H,26,28)/b22-14+. The molecule has 1 saturated heterocycles. The quantitative estimate of drug-likeness (QED) is 0.733. The van der Waals surface area contributed by atoms with E-state index in [1.54, 1.807) is 17.0 Å². The summed E-state index contributed by atoms with van der Waals surface area (Å²) in [4.78, 5) is 27.5. The molecule has 0 spiro atoms. The van der Waals surface area contributed by atoms with E-state index >= 15 is 0 Å². The van der Waals surface area contributed by atoms with Crippen LogP contribution >= 0.6 is 11.6 Å². The fraction of sp³-hybridized carbons (Fsp3) is 0.333. The third-order valence-electron chi connectivity index (χ3n) is 5.66. The molecule has 2 unspecified atom stereocenters. The molecular formula is C24H25ClN2O3. The molecule has 6 heteroatoms. The van der Waals surface area contributed by atoms with Gasteiger partial charge in [-0.3, -0.25) is 9.59 Å². The van der Waals surface area contributed by atoms with Crippen molar-refractivity contribution in [2.45, 2.75) is 44.4 Å². The van der Waals surface area contributed by atoms with Crippen LogP contribution in [0.5, 0.6) is 0 Å². The van der Waals surface area contributed by atoms with E-state index in [0.717, 1.165) is 36.8 Å². The van der Waals surface area contributed by atoms with Crippen LogP contribution < -0.4 is 5.32 Å². The predicted molar refractivity (Wildman–Crippen MR) is 117 cm³/mol. The van der Waals surface area contributed by atoms with Gasteiger partial charge in [0, 0.05) is 11.6 Å². The first kappa shape index (κ1) is 20.5. The number of morpholine rings is 1. The Bertz CT molecular complexity index is 944. The Morgan fingerprint density at radius 3 is 2.63 bits per heavy atom. The van der Waals surface area contributed by atoms with E-state index in [-0.39, 0.29) is 30.5 Å². The van der Waals surface area contributed by atoms with Gasteiger partial charge in [-0.05, 0) is 42.5 Å². The number of ether oxygens (including phenoxy) is 1. The second-order valence-electron chi connectivity index (χ2n) is 7.73. The third-order valence-corrected chi connectivity index (χ3v) is 6.03. The highest BCUT2D eigenvalue weighted by molar-refractivity contribution is 6.31. The molecule has 2 aliphatic rings. The lowest BCUT2D eigenvalue weighted by atomic mass is 9.89. The van der Waals surface area contributed by atoms with Crippen molar-refractivity contribution in [2.24, 2.45) is 0 Å². The van der Waals surface area contributed by atoms with Crippen LogP contribution in [-0.4, -0.2) is 35.4 Å². The van der Waals surface area contributed by atoms with Crippen LogP contribution in [0.2, 0.25) is 5.02 Å². The molecule has 5 nitrogen and oxygen atoms in total. The summed E-state index contributed by atoms with van der Waals surface area (Å²) < 4.78 is 6.08. The summed E-state index contributed by atoms with van der Waals surface area (Å²) in [5.41, 5.74) is 1.75. The van der Waals surface area contributed by atoms with Gasteiger partial charge in [0.1, 0.15) is 12.6 Å². The molecule has 2 atom stereocenters. The van der Waals surface area contributed by atoms with E-state index in [9.17, 15) is 9.59 Å². The van der Waals surface area contributed by atoms with Crippen LogP contribution in [-0.2, 0) is 20.9 Å². The first-order valence-electron chi connectivity index (χ1n) is 10.4. The summed E-state index contributed by atoms with van der Waals surface area (Å²) in [6.07, 6.45) is 5.55. The Hall–Kier alpha value is -2.79. The first-order chi connectivity index (χ1) is 14.6. The number of hydrogen-bond donors (Lipinski definition) is 1. The fourth-order valence-corrected chi connectivity index (χ4v) is 4.31. The topological polar surface area (TPSA) is 58.6 Å². The Balaban J connectivity index is 1.49. The van der Waals surface area contributed by atoms with Gasteiger partial charge in [0.2, 0.25) is 5.91 Å². The van der Waals surface area contributed by atoms with Crippen molar-refractivity contribution in [3.63, 3.8) is 0 Å². The molecule has 0 aromatic heterocycles. The van der Waals surface area contributed by atoms with E-state index in [2.05, 4.69) is 5.32 Å². The van der Waals surface area contributed by atoms with Crippen LogP contribution in [0, 0.1) is 0 Å². The SMILES string of the molecule is O=C(CN1C(=O)/C(=C\c2ccccc2)OC2CCCCC21)NCc1ccccc1Cl. The minimum Gasteiger partial charge on any atom is -0.482 e. The van der Waals surface area contributed by atoms with E-state index in [0.29, 0.717) is 17.3 Å². The minimum absolute atomic E-state index is 0.0138. The molecule has 1 aliphatic heterocycles. The molecule has 0 radical (unpaired) electrons. The number of benzene rings is 2. The zero-order chi connectivity index (χ0) is 20.9. The highest BCUT2D eigenvalue weighted by Crippen LogP contribution is 2.33. The molecule has 1 heterocycles. The molecule has 0 bridgehead atoms. The van der Waals surface area contributed by atoms with Gasteiger partial charge in [-0.1, -0.05) is 66.6 Å². The van der Waals surface area contributed by atoms with Gasteiger partial charge < -0.3 is 15.0 Å². The molecule has 1 aliphatic carbocycles. The number of rotatable bonds is 5. The monoisotopic (exact) mass is 424 g/mol. The van der Waals surface area contributed by atoms with Crippen molar-refractivity contribution in [2.75, 3.05) is 6.54 Å². The highest BCUT2D eigenvalue weighted by Gasteiger charge is 2.42. The number of nitrogens with zero attached hydrogens (tertiary/aromatic N) is 1. The van der Waals surface area contributed by atoms with Gasteiger partial charge in [-0.2, -0.15) is 0 Å². The van der Waals surface area contributed by atoms with Crippen molar-refractivity contribution < 1.29 is 14.3 Å². The maximum atomic E-state index is 13.2. The molecule has 2 aromatic rings. The number of fused-ring (bicyclic) bond motifs is 1. The molecular weight excluding hydrogens is 400 g/mol. The van der Waals surface area contributed by atoms with Crippen LogP contribution in [0.1, 0.15) is 36.8 Å². The fourth-order valence-electron chi connectivity index (χ4n) is 4.11. The van der Waals surface area contributed by atoms with Crippen LogP contribution in [0.4, 0.5) is 0 Å². The smallest absolute Gasteiger partial charge is 0.289 e. The zero-order valence-electron chi connectivity index (χ0n) is 16.7. The highest BCUT2D eigenvalue weighted by atomic mass is 35.5. The number of nitrogens with one attached hydrogen (secondary N) is 1. The average molecular weight is 425 g/mol. The maximum Gasteiger partial charge on any atom is 0.289 e. The van der Waals surface area contributed by atoms with Gasteiger partial charge in [-0.25, -0.2) is 0 Å². The molecule has 2 fully saturated rings. The third kappa shape index (κ3) is 4.68. The largest absolute Gasteiger partial charge is 0.482 e. The van der Waals surface area contributed by atoms with Crippen LogP contribution in [0.25, 0.3) is 6.08 Å². The van der Waals surface area contributed by atoms with Crippen molar-refractivity contribution in [3.05, 3.63) is 76.5 Å². The molecule has 1 N–H and O–H groups in total. The second-order valence-corrected chi connectivity index (χ2v) is 8.14. The van der Waals surface area contributed by atoms with Crippen molar-refractivity contribution in [1.82, 2.24) is 10.2 Å². The summed E-state index contributed by atoms with van der Waals surface area (Å²) in [7, 11) is 0. The molecule has 1 saturated carbocycles. The number of carbonyl (C=O) groups is 2. The lowest BCUT2D eigenvalue weighted by Gasteiger charge is -2.44. The van der Waals surface area contributed by atoms with Gasteiger partial charge in [0.25, 0.3) is 5.91 Å². The Kier molecular flexibility index (Phi) is 6.38. The minimum atomic E-state index is -0.227. The van der Waals surface area contributed by atoms with Crippen LogP contribution in [0.3, 0.4) is 0 Å². The summed E-state index contributed by atoms with van der Waals surface area (Å²) in [6, 6.07) is 17.0. The van der Waals surface area contributed by atoms with Gasteiger partial charge in [0.05, 0.1) is 6.04 Å². The van der Waals surface area contributed by atoms with E-state index in [1.165, 1.54) is 0 Å². The molecule has 4 rings (SSSR count). The zero-order valence-corrected chi connectivity index (χ0v) is 17.5. The number of hydrogen-bond acceptors (Lipinski definition) is 3. The van der Waals surface area contributed by atoms with E-state index < -0.39 is 0 Å². The van der Waals surface area contributed by atoms with Crippen molar-refractivity contribution in [3.8, 4) is 0 Å². The second kappa shape index (κ2) is 9.35.